The molecule has 0 bridgehead atoms. The molecule has 2 atom stereocenters. The van der Waals surface area contributed by atoms with Gasteiger partial charge in [0.1, 0.15) is 4.83 Å². The number of alkyl halides is 1. The van der Waals surface area contributed by atoms with Crippen molar-refractivity contribution >= 4 is 55.9 Å². The number of hydrogen-bond acceptors (Lipinski definition) is 4. The predicted octanol–water partition coefficient (Wildman–Crippen LogP) is 4.57. The topological polar surface area (TPSA) is 34.9 Å². The van der Waals surface area contributed by atoms with E-state index in [1.165, 1.54) is 10.4 Å². The van der Waals surface area contributed by atoms with Crippen LogP contribution in [0.2, 0.25) is 0 Å². The fourth-order valence-electron chi connectivity index (χ4n) is 3.14. The molecule has 0 amide bonds. The van der Waals surface area contributed by atoms with E-state index in [4.69, 9.17) is 0 Å². The number of thioether (sulfide) groups is 1. The number of nitrogens with zero attached hydrogens (tertiary/aromatic N) is 2. The van der Waals surface area contributed by atoms with Crippen LogP contribution in [-0.2, 0) is 0 Å². The molecule has 1 aliphatic rings. The maximum absolute atomic E-state index is 12.5. The van der Waals surface area contributed by atoms with Crippen molar-refractivity contribution in [2.45, 2.75) is 30.3 Å². The Hall–Kier alpha value is -0.860. The van der Waals surface area contributed by atoms with Crippen LogP contribution in [0.3, 0.4) is 0 Å². The van der Waals surface area contributed by atoms with Crippen molar-refractivity contribution < 1.29 is 0 Å². The SMILES string of the molecule is Cc1sc2c(c1C)c(=O)nc1n2[C@@H](c2ccccc2)[C@@H](CI)S1. The summed E-state index contributed by atoms with van der Waals surface area (Å²) in [6.07, 6.45) is 0. The zero-order chi connectivity index (χ0) is 16.1. The summed E-state index contributed by atoms with van der Waals surface area (Å²) in [6, 6.07) is 10.8. The summed E-state index contributed by atoms with van der Waals surface area (Å²) < 4.78 is 3.31. The van der Waals surface area contributed by atoms with Crippen molar-refractivity contribution in [2.24, 2.45) is 0 Å². The van der Waals surface area contributed by atoms with E-state index in [9.17, 15) is 4.79 Å². The molecule has 1 aromatic carbocycles. The Morgan fingerprint density at radius 1 is 1.26 bits per heavy atom. The lowest BCUT2D eigenvalue weighted by molar-refractivity contribution is 0.576. The Labute approximate surface area is 156 Å². The fraction of sp³-hybridized carbons (Fsp3) is 0.294. The van der Waals surface area contributed by atoms with Crippen molar-refractivity contribution in [3.8, 4) is 0 Å². The lowest BCUT2D eigenvalue weighted by Gasteiger charge is -2.20. The van der Waals surface area contributed by atoms with Crippen LogP contribution in [0, 0.1) is 13.8 Å². The van der Waals surface area contributed by atoms with E-state index in [-0.39, 0.29) is 11.6 Å². The third-order valence-corrected chi connectivity index (χ3v) is 8.36. The second-order valence-electron chi connectivity index (χ2n) is 5.70. The third kappa shape index (κ3) is 2.37. The van der Waals surface area contributed by atoms with Gasteiger partial charge >= 0.3 is 0 Å². The number of aromatic nitrogens is 2. The Kier molecular flexibility index (Phi) is 4.01. The van der Waals surface area contributed by atoms with Gasteiger partial charge in [-0.1, -0.05) is 64.7 Å². The number of halogens is 1. The van der Waals surface area contributed by atoms with Gasteiger partial charge in [-0.3, -0.25) is 4.79 Å². The molecule has 0 N–H and O–H groups in total. The first-order valence-corrected chi connectivity index (χ1v) is 10.6. The molecule has 0 fully saturated rings. The van der Waals surface area contributed by atoms with Gasteiger partial charge in [-0.2, -0.15) is 4.98 Å². The van der Waals surface area contributed by atoms with E-state index in [0.29, 0.717) is 5.25 Å². The largest absolute Gasteiger partial charge is 0.303 e. The van der Waals surface area contributed by atoms with E-state index >= 15 is 0 Å². The molecule has 23 heavy (non-hydrogen) atoms. The van der Waals surface area contributed by atoms with Crippen LogP contribution >= 0.6 is 45.7 Å². The van der Waals surface area contributed by atoms with Gasteiger partial charge in [-0.05, 0) is 25.0 Å². The first-order valence-electron chi connectivity index (χ1n) is 7.41. The molecule has 1 aliphatic heterocycles. The molecule has 4 rings (SSSR count). The summed E-state index contributed by atoms with van der Waals surface area (Å²) in [5, 5.41) is 2.06. The third-order valence-electron chi connectivity index (χ3n) is 4.38. The Balaban J connectivity index is 2.05. The Morgan fingerprint density at radius 3 is 2.70 bits per heavy atom. The standard InChI is InChI=1S/C17H15IN2OS2/c1-9-10(2)22-16-13(9)15(21)19-17-20(16)14(12(8-18)23-17)11-6-4-3-5-7-11/h3-7,12,14H,8H2,1-2H3/t12-,14+/m1/s1. The van der Waals surface area contributed by atoms with Gasteiger partial charge in [0.2, 0.25) is 0 Å². The van der Waals surface area contributed by atoms with E-state index in [1.807, 2.05) is 13.0 Å². The highest BCUT2D eigenvalue weighted by atomic mass is 127. The molecule has 0 radical (unpaired) electrons. The van der Waals surface area contributed by atoms with E-state index < -0.39 is 0 Å². The number of fused-ring (bicyclic) bond motifs is 3. The van der Waals surface area contributed by atoms with Gasteiger partial charge in [0.15, 0.2) is 5.16 Å². The minimum Gasteiger partial charge on any atom is -0.303 e. The molecular weight excluding hydrogens is 439 g/mol. The molecule has 3 nitrogen and oxygen atoms in total. The summed E-state index contributed by atoms with van der Waals surface area (Å²) in [6.45, 7) is 4.11. The van der Waals surface area contributed by atoms with Crippen molar-refractivity contribution in [3.05, 3.63) is 56.7 Å². The van der Waals surface area contributed by atoms with Gasteiger partial charge in [-0.25, -0.2) is 0 Å². The highest BCUT2D eigenvalue weighted by Gasteiger charge is 2.36. The van der Waals surface area contributed by atoms with Crippen LogP contribution < -0.4 is 5.56 Å². The molecule has 3 aromatic rings. The lowest BCUT2D eigenvalue weighted by atomic mass is 10.0. The summed E-state index contributed by atoms with van der Waals surface area (Å²) in [7, 11) is 0. The normalized spacial score (nSPS) is 20.1. The highest BCUT2D eigenvalue weighted by molar-refractivity contribution is 14.1. The molecule has 118 valence electrons. The van der Waals surface area contributed by atoms with Gasteiger partial charge in [0.05, 0.1) is 11.4 Å². The second kappa shape index (κ2) is 5.89. The number of aryl methyl sites for hydroxylation is 2. The van der Waals surface area contributed by atoms with Crippen LogP contribution in [0.1, 0.15) is 22.0 Å². The van der Waals surface area contributed by atoms with Crippen LogP contribution in [0.5, 0.6) is 0 Å². The molecule has 0 saturated heterocycles. The summed E-state index contributed by atoms with van der Waals surface area (Å²) >= 11 is 5.89. The first-order chi connectivity index (χ1) is 11.1. The maximum atomic E-state index is 12.5. The van der Waals surface area contributed by atoms with Crippen molar-refractivity contribution in [3.63, 3.8) is 0 Å². The highest BCUT2D eigenvalue weighted by Crippen LogP contribution is 2.46. The maximum Gasteiger partial charge on any atom is 0.282 e. The quantitative estimate of drug-likeness (QED) is 0.323. The molecule has 0 aliphatic carbocycles. The van der Waals surface area contributed by atoms with Crippen LogP contribution in [0.15, 0.2) is 40.3 Å². The smallest absolute Gasteiger partial charge is 0.282 e. The molecule has 0 unspecified atom stereocenters. The zero-order valence-corrected chi connectivity index (χ0v) is 16.5. The van der Waals surface area contributed by atoms with Gasteiger partial charge in [-0.15, -0.1) is 11.3 Å². The molecule has 0 saturated carbocycles. The molecule has 0 spiro atoms. The van der Waals surface area contributed by atoms with Gasteiger partial charge < -0.3 is 4.57 Å². The summed E-state index contributed by atoms with van der Waals surface area (Å²) in [5.41, 5.74) is 2.28. The minimum atomic E-state index is -0.0819. The van der Waals surface area contributed by atoms with Gasteiger partial charge in [0.25, 0.3) is 5.56 Å². The number of benzene rings is 1. The Bertz CT molecular complexity index is 949. The molecular formula is C17H15IN2OS2. The average Bonchev–Trinajstić information content (AvgIpc) is 3.06. The van der Waals surface area contributed by atoms with Crippen molar-refractivity contribution in [1.82, 2.24) is 9.55 Å². The van der Waals surface area contributed by atoms with E-state index in [1.54, 1.807) is 23.1 Å². The monoisotopic (exact) mass is 454 g/mol. The fourth-order valence-corrected chi connectivity index (χ4v) is 6.60. The van der Waals surface area contributed by atoms with Crippen molar-refractivity contribution in [2.75, 3.05) is 4.43 Å². The Morgan fingerprint density at radius 2 is 2.00 bits per heavy atom. The van der Waals surface area contributed by atoms with E-state index in [0.717, 1.165) is 25.4 Å². The molecule has 2 aromatic heterocycles. The van der Waals surface area contributed by atoms with Crippen LogP contribution in [-0.4, -0.2) is 19.2 Å². The van der Waals surface area contributed by atoms with Gasteiger partial charge in [0, 0.05) is 14.6 Å². The lowest BCUT2D eigenvalue weighted by Crippen LogP contribution is -2.20. The zero-order valence-electron chi connectivity index (χ0n) is 12.7. The van der Waals surface area contributed by atoms with Crippen LogP contribution in [0.4, 0.5) is 0 Å². The minimum absolute atomic E-state index is 0.0819. The van der Waals surface area contributed by atoms with E-state index in [2.05, 4.69) is 63.3 Å². The number of thiophene rings is 1. The number of rotatable bonds is 2. The summed E-state index contributed by atoms with van der Waals surface area (Å²) in [4.78, 5) is 19.2. The summed E-state index contributed by atoms with van der Waals surface area (Å²) in [5.74, 6) is 0. The average molecular weight is 454 g/mol. The molecule has 6 heteroatoms. The van der Waals surface area contributed by atoms with Crippen LogP contribution in [0.25, 0.3) is 10.2 Å². The number of hydrogen-bond donors (Lipinski definition) is 0. The first kappa shape index (κ1) is 15.7. The van der Waals surface area contributed by atoms with Crippen molar-refractivity contribution in [1.29, 1.82) is 0 Å². The predicted molar refractivity (Wildman–Crippen MR) is 106 cm³/mol. The second-order valence-corrected chi connectivity index (χ2v) is 8.99. The molecule has 3 heterocycles.